The van der Waals surface area contributed by atoms with Crippen molar-refractivity contribution in [2.45, 2.75) is 19.9 Å². The highest BCUT2D eigenvalue weighted by Gasteiger charge is 2.48. The molecule has 0 bridgehead atoms. The lowest BCUT2D eigenvalue weighted by Gasteiger charge is -2.22. The molecule has 3 aromatic carbocycles. The minimum atomic E-state index is -1.12. The maximum atomic E-state index is 13.4. The number of fused-ring (bicyclic) bond motifs is 1. The number of nitro groups is 1. The number of aliphatic hydroxyl groups is 1. The van der Waals surface area contributed by atoms with E-state index < -0.39 is 28.4 Å². The van der Waals surface area contributed by atoms with Gasteiger partial charge >= 0.3 is 5.91 Å². The highest BCUT2D eigenvalue weighted by atomic mass is 32.1. The number of carbonyl (C=O) groups excluding carboxylic acids is 2. The summed E-state index contributed by atoms with van der Waals surface area (Å²) in [5.41, 5.74) is 2.85. The van der Waals surface area contributed by atoms with Crippen LogP contribution in [0.25, 0.3) is 16.0 Å². The SMILES string of the molecule is COc1ccc(C(O)=C2C(=O)C(=O)N(c3nc4c(C)cc(C)cc4s3)[C@H]2c2cccc([N+](=O)[O-])c2)cc1. The molecular formula is C27H21N3O6S. The lowest BCUT2D eigenvalue weighted by atomic mass is 9.95. The highest BCUT2D eigenvalue weighted by molar-refractivity contribution is 7.22. The van der Waals surface area contributed by atoms with Crippen molar-refractivity contribution in [2.24, 2.45) is 0 Å². The van der Waals surface area contributed by atoms with Gasteiger partial charge in [-0.3, -0.25) is 24.6 Å². The van der Waals surface area contributed by atoms with Gasteiger partial charge in [0.2, 0.25) is 0 Å². The number of Topliss-reactive ketones (excluding diaryl/α,β-unsaturated/α-hetero) is 1. The first kappa shape index (κ1) is 24.1. The van der Waals surface area contributed by atoms with Gasteiger partial charge in [-0.05, 0) is 60.9 Å². The van der Waals surface area contributed by atoms with Gasteiger partial charge in [0, 0.05) is 17.7 Å². The first-order chi connectivity index (χ1) is 17.7. The number of ketones is 1. The topological polar surface area (TPSA) is 123 Å². The van der Waals surface area contributed by atoms with Crippen LogP contribution in [-0.2, 0) is 9.59 Å². The van der Waals surface area contributed by atoms with E-state index in [2.05, 4.69) is 4.98 Å². The fourth-order valence-corrected chi connectivity index (χ4v) is 5.69. The van der Waals surface area contributed by atoms with Crippen molar-refractivity contribution in [3.8, 4) is 5.75 Å². The number of hydrogen-bond donors (Lipinski definition) is 1. The van der Waals surface area contributed by atoms with Crippen LogP contribution in [0.2, 0.25) is 0 Å². The number of aromatic nitrogens is 1. The number of anilines is 1. The van der Waals surface area contributed by atoms with Crippen LogP contribution < -0.4 is 9.64 Å². The summed E-state index contributed by atoms with van der Waals surface area (Å²) in [4.78, 5) is 43.6. The normalized spacial score (nSPS) is 16.9. The Morgan fingerprint density at radius 1 is 1.11 bits per heavy atom. The zero-order valence-electron chi connectivity index (χ0n) is 20.1. The van der Waals surface area contributed by atoms with E-state index in [-0.39, 0.29) is 16.4 Å². The summed E-state index contributed by atoms with van der Waals surface area (Å²) >= 11 is 1.24. The Morgan fingerprint density at radius 2 is 1.84 bits per heavy atom. The minimum absolute atomic E-state index is 0.178. The number of methoxy groups -OCH3 is 1. The number of nitro benzene ring substituents is 1. The molecule has 4 aromatic rings. The second kappa shape index (κ2) is 9.14. The number of carbonyl (C=O) groups is 2. The number of rotatable bonds is 5. The van der Waals surface area contributed by atoms with Gasteiger partial charge in [-0.2, -0.15) is 0 Å². The summed E-state index contributed by atoms with van der Waals surface area (Å²) in [5.74, 6) is -1.63. The summed E-state index contributed by atoms with van der Waals surface area (Å²) in [6.07, 6.45) is 0. The van der Waals surface area contributed by atoms with Crippen LogP contribution in [0.5, 0.6) is 5.75 Å². The van der Waals surface area contributed by atoms with Gasteiger partial charge in [-0.15, -0.1) is 0 Å². The molecule has 5 rings (SSSR count). The quantitative estimate of drug-likeness (QED) is 0.123. The number of ether oxygens (including phenoxy) is 1. The van der Waals surface area contributed by atoms with Gasteiger partial charge in [-0.25, -0.2) is 4.98 Å². The number of aliphatic hydroxyl groups excluding tert-OH is 1. The van der Waals surface area contributed by atoms with Gasteiger partial charge in [0.1, 0.15) is 11.5 Å². The largest absolute Gasteiger partial charge is 0.507 e. The van der Waals surface area contributed by atoms with Crippen molar-refractivity contribution < 1.29 is 24.4 Å². The van der Waals surface area contributed by atoms with E-state index in [1.807, 2.05) is 26.0 Å². The number of non-ortho nitro benzene ring substituents is 1. The molecule has 0 spiro atoms. The summed E-state index contributed by atoms with van der Waals surface area (Å²) in [5, 5.41) is 23.0. The fourth-order valence-electron chi connectivity index (χ4n) is 4.52. The van der Waals surface area contributed by atoms with Crippen molar-refractivity contribution in [2.75, 3.05) is 12.0 Å². The lowest BCUT2D eigenvalue weighted by Crippen LogP contribution is -2.29. The highest BCUT2D eigenvalue weighted by Crippen LogP contribution is 2.45. The van der Waals surface area contributed by atoms with Crippen LogP contribution >= 0.6 is 11.3 Å². The smallest absolute Gasteiger partial charge is 0.301 e. The molecule has 0 aliphatic carbocycles. The van der Waals surface area contributed by atoms with Crippen LogP contribution in [0.3, 0.4) is 0 Å². The Hall–Kier alpha value is -4.57. The Bertz CT molecular complexity index is 1620. The van der Waals surface area contributed by atoms with Gasteiger partial charge in [0.15, 0.2) is 5.13 Å². The van der Waals surface area contributed by atoms with Gasteiger partial charge in [0.05, 0.1) is 33.9 Å². The Balaban J connectivity index is 1.75. The number of hydrogen-bond acceptors (Lipinski definition) is 8. The van der Waals surface area contributed by atoms with Crippen LogP contribution in [0.15, 0.2) is 66.2 Å². The summed E-state index contributed by atoms with van der Waals surface area (Å²) in [7, 11) is 1.50. The minimum Gasteiger partial charge on any atom is -0.507 e. The summed E-state index contributed by atoms with van der Waals surface area (Å²) in [6, 6.07) is 14.8. The number of nitrogens with zero attached hydrogens (tertiary/aromatic N) is 3. The molecule has 1 aromatic heterocycles. The van der Waals surface area contributed by atoms with Crippen molar-refractivity contribution in [1.82, 2.24) is 4.98 Å². The molecule has 37 heavy (non-hydrogen) atoms. The molecule has 0 saturated carbocycles. The third-order valence-corrected chi connectivity index (χ3v) is 7.23. The molecule has 0 radical (unpaired) electrons. The van der Waals surface area contributed by atoms with Crippen LogP contribution in [-0.4, -0.2) is 33.8 Å². The third kappa shape index (κ3) is 4.11. The molecule has 1 fully saturated rings. The standard InChI is InChI=1S/C27H21N3O6S/c1-14-11-15(2)22-20(12-14)37-27(28-22)29-23(17-5-4-6-18(13-17)30(34)35)21(25(32)26(29)33)24(31)16-7-9-19(36-3)10-8-16/h4-13,23,31H,1-3H3/t23-/m0/s1. The molecule has 9 nitrogen and oxygen atoms in total. The molecule has 1 N–H and O–H groups in total. The van der Waals surface area contributed by atoms with Gasteiger partial charge < -0.3 is 9.84 Å². The maximum Gasteiger partial charge on any atom is 0.301 e. The van der Waals surface area contributed by atoms with Crippen LogP contribution in [0, 0.1) is 24.0 Å². The lowest BCUT2D eigenvalue weighted by molar-refractivity contribution is -0.384. The molecule has 1 amide bonds. The van der Waals surface area contributed by atoms with E-state index in [0.29, 0.717) is 22.4 Å². The second-order valence-corrected chi connectivity index (χ2v) is 9.68. The van der Waals surface area contributed by atoms with E-state index in [1.54, 1.807) is 30.3 Å². The zero-order chi connectivity index (χ0) is 26.4. The van der Waals surface area contributed by atoms with E-state index in [9.17, 15) is 24.8 Å². The molecule has 1 atom stereocenters. The van der Waals surface area contributed by atoms with Crippen molar-refractivity contribution >= 4 is 49.8 Å². The van der Waals surface area contributed by atoms with E-state index >= 15 is 0 Å². The van der Waals surface area contributed by atoms with Crippen molar-refractivity contribution in [3.63, 3.8) is 0 Å². The van der Waals surface area contributed by atoms with E-state index in [1.165, 1.54) is 41.5 Å². The average molecular weight is 516 g/mol. The van der Waals surface area contributed by atoms with Gasteiger partial charge in [0.25, 0.3) is 11.5 Å². The Kier molecular flexibility index (Phi) is 5.96. The van der Waals surface area contributed by atoms with Crippen LogP contribution in [0.4, 0.5) is 10.8 Å². The molecule has 1 aliphatic heterocycles. The number of aryl methyl sites for hydroxylation is 2. The average Bonchev–Trinajstić information content (AvgIpc) is 3.42. The predicted molar refractivity (Wildman–Crippen MR) is 140 cm³/mol. The van der Waals surface area contributed by atoms with Gasteiger partial charge in [-0.1, -0.05) is 29.5 Å². The molecule has 1 saturated heterocycles. The summed E-state index contributed by atoms with van der Waals surface area (Å²) < 4.78 is 6.00. The molecule has 1 aliphatic rings. The molecule has 0 unspecified atom stereocenters. The molecule has 2 heterocycles. The van der Waals surface area contributed by atoms with E-state index in [4.69, 9.17) is 4.74 Å². The predicted octanol–water partition coefficient (Wildman–Crippen LogP) is 5.46. The maximum absolute atomic E-state index is 13.4. The number of thiazole rings is 1. The number of benzene rings is 3. The molecule has 186 valence electrons. The number of amides is 1. The zero-order valence-corrected chi connectivity index (χ0v) is 20.9. The Morgan fingerprint density at radius 3 is 2.51 bits per heavy atom. The first-order valence-electron chi connectivity index (χ1n) is 11.3. The van der Waals surface area contributed by atoms with Crippen LogP contribution in [0.1, 0.15) is 28.3 Å². The summed E-state index contributed by atoms with van der Waals surface area (Å²) in [6.45, 7) is 3.87. The van der Waals surface area contributed by atoms with E-state index in [0.717, 1.165) is 15.8 Å². The monoisotopic (exact) mass is 515 g/mol. The Labute approximate surface area is 215 Å². The van der Waals surface area contributed by atoms with Crippen molar-refractivity contribution in [1.29, 1.82) is 0 Å². The fraction of sp³-hybridized carbons (Fsp3) is 0.148. The second-order valence-electron chi connectivity index (χ2n) is 8.67. The third-order valence-electron chi connectivity index (χ3n) is 6.23. The first-order valence-corrected chi connectivity index (χ1v) is 12.1. The molecule has 10 heteroatoms. The van der Waals surface area contributed by atoms with Crippen molar-refractivity contribution in [3.05, 3.63) is 98.6 Å². The molecular weight excluding hydrogens is 494 g/mol.